The van der Waals surface area contributed by atoms with E-state index >= 15 is 0 Å². The van der Waals surface area contributed by atoms with Gasteiger partial charge in [0.1, 0.15) is 11.6 Å². The lowest BCUT2D eigenvalue weighted by atomic mass is 10.0. The standard InChI is InChI=1S/C23H27Cl2N7O2/c1-13(26)29-22(17-11-32(12-19(17)27)23(33)30-16-3-4-16)21-18(25)7-15(24)8-20(21)34-6-5-14-9-28-31(2)10-14/h7-10,16H,1,3-6,11-12,26-27H2,2H3,(H,30,33). The highest BCUT2D eigenvalue weighted by Crippen LogP contribution is 2.35. The van der Waals surface area contributed by atoms with Crippen LogP contribution in [0.15, 0.2) is 53.2 Å². The molecule has 2 heterocycles. The number of aliphatic imine (C=N–C) groups is 1. The van der Waals surface area contributed by atoms with Crippen LogP contribution in [0, 0.1) is 0 Å². The maximum Gasteiger partial charge on any atom is 0.318 e. The first-order valence-corrected chi connectivity index (χ1v) is 11.6. The number of hydrogen-bond donors (Lipinski definition) is 3. The number of amides is 2. The van der Waals surface area contributed by atoms with Crippen molar-refractivity contribution in [1.82, 2.24) is 20.0 Å². The van der Waals surface area contributed by atoms with Crippen LogP contribution in [0.25, 0.3) is 0 Å². The molecule has 2 amide bonds. The second-order valence-corrected chi connectivity index (χ2v) is 9.26. The molecule has 1 aliphatic heterocycles. The second kappa shape index (κ2) is 9.99. The van der Waals surface area contributed by atoms with E-state index < -0.39 is 0 Å². The largest absolute Gasteiger partial charge is 0.492 e. The normalized spacial score (nSPS) is 16.2. The minimum Gasteiger partial charge on any atom is -0.492 e. The van der Waals surface area contributed by atoms with Gasteiger partial charge in [-0.1, -0.05) is 29.8 Å². The number of aromatic nitrogens is 2. The molecule has 180 valence electrons. The van der Waals surface area contributed by atoms with Crippen molar-refractivity contribution >= 4 is 34.9 Å². The summed E-state index contributed by atoms with van der Waals surface area (Å²) < 4.78 is 7.82. The van der Waals surface area contributed by atoms with Gasteiger partial charge in [-0.15, -0.1) is 0 Å². The smallest absolute Gasteiger partial charge is 0.318 e. The van der Waals surface area contributed by atoms with E-state index in [-0.39, 0.29) is 31.0 Å². The molecule has 0 atom stereocenters. The first kappa shape index (κ1) is 24.0. The SMILES string of the molecule is C=C(N)N=C(C1=C(N)CN(C(=O)NC2CC2)C1)c1c(Cl)cc(Cl)cc1OCCc1cnn(C)c1. The molecular formula is C23H27Cl2N7O2. The molecule has 2 aromatic rings. The number of nitrogens with zero attached hydrogens (tertiary/aromatic N) is 4. The molecule has 2 aliphatic rings. The highest BCUT2D eigenvalue weighted by atomic mass is 35.5. The van der Waals surface area contributed by atoms with Crippen molar-refractivity contribution in [3.8, 4) is 5.75 Å². The van der Waals surface area contributed by atoms with Gasteiger partial charge in [0.15, 0.2) is 0 Å². The van der Waals surface area contributed by atoms with Gasteiger partial charge in [-0.05, 0) is 30.5 Å². The lowest BCUT2D eigenvalue weighted by Gasteiger charge is -2.19. The number of ether oxygens (including phenoxy) is 1. The molecule has 34 heavy (non-hydrogen) atoms. The summed E-state index contributed by atoms with van der Waals surface area (Å²) in [5, 5.41) is 7.89. The van der Waals surface area contributed by atoms with Crippen molar-refractivity contribution < 1.29 is 9.53 Å². The summed E-state index contributed by atoms with van der Waals surface area (Å²) in [6, 6.07) is 3.34. The van der Waals surface area contributed by atoms with Crippen molar-refractivity contribution in [2.24, 2.45) is 23.5 Å². The average Bonchev–Trinajstić information content (AvgIpc) is 3.33. The van der Waals surface area contributed by atoms with Crippen molar-refractivity contribution in [2.45, 2.75) is 25.3 Å². The van der Waals surface area contributed by atoms with E-state index in [9.17, 15) is 4.79 Å². The quantitative estimate of drug-likeness (QED) is 0.477. The molecule has 1 aromatic heterocycles. The lowest BCUT2D eigenvalue weighted by Crippen LogP contribution is -2.40. The Bertz CT molecular complexity index is 1180. The van der Waals surface area contributed by atoms with Gasteiger partial charge >= 0.3 is 6.03 Å². The molecule has 1 aliphatic carbocycles. The molecule has 0 bridgehead atoms. The van der Waals surface area contributed by atoms with Crippen LogP contribution >= 0.6 is 23.2 Å². The minimum atomic E-state index is -0.165. The van der Waals surface area contributed by atoms with Crippen LogP contribution in [0.4, 0.5) is 4.79 Å². The Morgan fingerprint density at radius 2 is 2.12 bits per heavy atom. The third-order valence-corrected chi connectivity index (χ3v) is 6.01. The van der Waals surface area contributed by atoms with Gasteiger partial charge in [0.05, 0.1) is 42.2 Å². The molecule has 9 nitrogen and oxygen atoms in total. The van der Waals surface area contributed by atoms with Crippen LogP contribution in [0.3, 0.4) is 0 Å². The molecule has 11 heteroatoms. The summed E-state index contributed by atoms with van der Waals surface area (Å²) in [7, 11) is 1.86. The van der Waals surface area contributed by atoms with Gasteiger partial charge in [-0.25, -0.2) is 9.79 Å². The molecule has 0 saturated heterocycles. The zero-order chi connectivity index (χ0) is 24.4. The summed E-state index contributed by atoms with van der Waals surface area (Å²) >= 11 is 12.9. The molecule has 0 spiro atoms. The van der Waals surface area contributed by atoms with Crippen molar-refractivity contribution in [2.75, 3.05) is 19.7 Å². The Morgan fingerprint density at radius 1 is 1.35 bits per heavy atom. The van der Waals surface area contributed by atoms with E-state index in [1.165, 1.54) is 0 Å². The van der Waals surface area contributed by atoms with Crippen LogP contribution in [0.1, 0.15) is 24.0 Å². The number of carbonyl (C=O) groups excluding carboxylic acids is 1. The molecule has 1 aromatic carbocycles. The Balaban J connectivity index is 1.62. The minimum absolute atomic E-state index is 0.0727. The summed E-state index contributed by atoms with van der Waals surface area (Å²) in [5.41, 5.74) is 15.3. The summed E-state index contributed by atoms with van der Waals surface area (Å²) in [6.45, 7) is 4.60. The van der Waals surface area contributed by atoms with Gasteiger partial charge in [-0.2, -0.15) is 5.10 Å². The third kappa shape index (κ3) is 5.66. The maximum absolute atomic E-state index is 12.6. The fraction of sp³-hybridized carbons (Fsp3) is 0.348. The number of aryl methyl sites for hydroxylation is 1. The number of carbonyl (C=O) groups is 1. The Labute approximate surface area is 208 Å². The molecule has 0 radical (unpaired) electrons. The van der Waals surface area contributed by atoms with Crippen LogP contribution in [0.2, 0.25) is 10.0 Å². The highest BCUT2D eigenvalue weighted by molar-refractivity contribution is 6.38. The van der Waals surface area contributed by atoms with E-state index in [2.05, 4.69) is 22.0 Å². The Morgan fingerprint density at radius 3 is 2.76 bits per heavy atom. The van der Waals surface area contributed by atoms with Gasteiger partial charge in [0, 0.05) is 42.0 Å². The predicted molar refractivity (Wildman–Crippen MR) is 133 cm³/mol. The van der Waals surface area contributed by atoms with E-state index in [0.717, 1.165) is 18.4 Å². The number of rotatable bonds is 8. The van der Waals surface area contributed by atoms with Crippen LogP contribution in [0.5, 0.6) is 5.75 Å². The zero-order valence-electron chi connectivity index (χ0n) is 18.9. The number of hydrogen-bond acceptors (Lipinski definition) is 6. The van der Waals surface area contributed by atoms with E-state index in [1.54, 1.807) is 27.9 Å². The van der Waals surface area contributed by atoms with Gasteiger partial charge < -0.3 is 26.4 Å². The zero-order valence-corrected chi connectivity index (χ0v) is 20.4. The molecule has 4 rings (SSSR count). The molecular weight excluding hydrogens is 477 g/mol. The van der Waals surface area contributed by atoms with E-state index in [0.29, 0.717) is 51.4 Å². The van der Waals surface area contributed by atoms with E-state index in [4.69, 9.17) is 39.4 Å². The summed E-state index contributed by atoms with van der Waals surface area (Å²) in [4.78, 5) is 18.7. The Hall–Kier alpha value is -3.17. The van der Waals surface area contributed by atoms with Crippen molar-refractivity contribution in [3.63, 3.8) is 0 Å². The predicted octanol–water partition coefficient (Wildman–Crippen LogP) is 2.97. The van der Waals surface area contributed by atoms with Crippen LogP contribution in [-0.4, -0.2) is 52.2 Å². The topological polar surface area (TPSA) is 124 Å². The summed E-state index contributed by atoms with van der Waals surface area (Å²) in [6.07, 6.45) is 6.33. The first-order chi connectivity index (χ1) is 16.2. The highest BCUT2D eigenvalue weighted by Gasteiger charge is 2.33. The van der Waals surface area contributed by atoms with Crippen molar-refractivity contribution in [1.29, 1.82) is 0 Å². The number of halogens is 2. The van der Waals surface area contributed by atoms with Gasteiger partial charge in [-0.3, -0.25) is 4.68 Å². The van der Waals surface area contributed by atoms with E-state index in [1.807, 2.05) is 13.2 Å². The average molecular weight is 504 g/mol. The second-order valence-electron chi connectivity index (χ2n) is 8.42. The number of benzene rings is 1. The number of urea groups is 1. The maximum atomic E-state index is 12.6. The van der Waals surface area contributed by atoms with Gasteiger partial charge in [0.25, 0.3) is 0 Å². The molecule has 1 fully saturated rings. The lowest BCUT2D eigenvalue weighted by molar-refractivity contribution is 0.209. The van der Waals surface area contributed by atoms with Gasteiger partial charge in [0.2, 0.25) is 0 Å². The van der Waals surface area contributed by atoms with Crippen LogP contribution < -0.4 is 21.5 Å². The fourth-order valence-electron chi connectivity index (χ4n) is 3.70. The third-order valence-electron chi connectivity index (χ3n) is 5.49. The summed E-state index contributed by atoms with van der Waals surface area (Å²) in [5.74, 6) is 0.506. The molecule has 0 unspecified atom stereocenters. The number of nitrogens with two attached hydrogens (primary N) is 2. The van der Waals surface area contributed by atoms with Crippen molar-refractivity contribution in [3.05, 3.63) is 69.4 Å². The monoisotopic (exact) mass is 503 g/mol. The first-order valence-electron chi connectivity index (χ1n) is 10.9. The molecule has 5 N–H and O–H groups in total. The number of nitrogens with one attached hydrogen (secondary N) is 1. The Kier molecular flexibility index (Phi) is 7.04. The molecule has 1 saturated carbocycles. The fourth-order valence-corrected chi connectivity index (χ4v) is 4.27. The van der Waals surface area contributed by atoms with Crippen LogP contribution in [-0.2, 0) is 13.5 Å².